The lowest BCUT2D eigenvalue weighted by atomic mass is 9.77. The van der Waals surface area contributed by atoms with Crippen LogP contribution in [0.3, 0.4) is 0 Å². The average molecular weight is 290 g/mol. The first kappa shape index (κ1) is 15.1. The molecule has 1 saturated carbocycles. The largest absolute Gasteiger partial charge is 0.103 e. The Morgan fingerprint density at radius 2 is 1.45 bits per heavy atom. The van der Waals surface area contributed by atoms with Gasteiger partial charge < -0.3 is 0 Å². The predicted molar refractivity (Wildman–Crippen MR) is 95.2 cm³/mol. The molecule has 0 unspecified atom stereocenters. The molecule has 114 valence electrons. The van der Waals surface area contributed by atoms with Gasteiger partial charge in [0.05, 0.1) is 0 Å². The summed E-state index contributed by atoms with van der Waals surface area (Å²) in [5, 5.41) is 0. The maximum absolute atomic E-state index is 3.88. The van der Waals surface area contributed by atoms with Crippen LogP contribution in [0, 0.1) is 5.92 Å². The summed E-state index contributed by atoms with van der Waals surface area (Å²) < 4.78 is 0. The van der Waals surface area contributed by atoms with Crippen molar-refractivity contribution in [2.45, 2.75) is 44.4 Å². The highest BCUT2D eigenvalue weighted by molar-refractivity contribution is 5.30. The van der Waals surface area contributed by atoms with Crippen molar-refractivity contribution in [3.63, 3.8) is 0 Å². The van der Waals surface area contributed by atoms with Crippen molar-refractivity contribution < 1.29 is 0 Å². The zero-order chi connectivity index (χ0) is 15.2. The molecule has 22 heavy (non-hydrogen) atoms. The summed E-state index contributed by atoms with van der Waals surface area (Å²) in [6.45, 7) is 3.88. The second-order valence-electron chi connectivity index (χ2n) is 6.65. The molecular formula is C22H26. The van der Waals surface area contributed by atoms with Crippen LogP contribution >= 0.6 is 0 Å². The van der Waals surface area contributed by atoms with Crippen molar-refractivity contribution in [2.24, 2.45) is 5.92 Å². The number of allylic oxidation sites excluding steroid dienone is 1. The van der Waals surface area contributed by atoms with Crippen LogP contribution in [0.1, 0.15) is 54.7 Å². The summed E-state index contributed by atoms with van der Waals surface area (Å²) in [4.78, 5) is 0. The molecule has 0 saturated heterocycles. The summed E-state index contributed by atoms with van der Waals surface area (Å²) >= 11 is 0. The van der Waals surface area contributed by atoms with E-state index in [2.05, 4.69) is 67.3 Å². The molecule has 2 aromatic carbocycles. The highest BCUT2D eigenvalue weighted by Gasteiger charge is 2.21. The first-order valence-electron chi connectivity index (χ1n) is 8.59. The molecule has 0 aromatic heterocycles. The SMILES string of the molecule is C=CCC1CCC(c2ccc(Cc3ccccc3)cc2)CC1. The third-order valence-electron chi connectivity index (χ3n) is 5.05. The minimum absolute atomic E-state index is 0.770. The van der Waals surface area contributed by atoms with Gasteiger partial charge in [-0.05, 0) is 67.1 Å². The molecule has 3 rings (SSSR count). The summed E-state index contributed by atoms with van der Waals surface area (Å²) in [5.74, 6) is 1.65. The van der Waals surface area contributed by atoms with Crippen molar-refractivity contribution in [3.05, 3.63) is 83.9 Å². The molecule has 0 bridgehead atoms. The molecule has 1 aliphatic carbocycles. The van der Waals surface area contributed by atoms with Gasteiger partial charge in [0, 0.05) is 0 Å². The fourth-order valence-corrected chi connectivity index (χ4v) is 3.71. The van der Waals surface area contributed by atoms with E-state index >= 15 is 0 Å². The third kappa shape index (κ3) is 3.88. The second-order valence-corrected chi connectivity index (χ2v) is 6.65. The van der Waals surface area contributed by atoms with Gasteiger partial charge in [-0.25, -0.2) is 0 Å². The summed E-state index contributed by atoms with van der Waals surface area (Å²) in [7, 11) is 0. The lowest BCUT2D eigenvalue weighted by molar-refractivity contribution is 0.328. The van der Waals surface area contributed by atoms with Gasteiger partial charge in [-0.1, -0.05) is 60.7 Å². The van der Waals surface area contributed by atoms with E-state index in [1.165, 1.54) is 48.8 Å². The quantitative estimate of drug-likeness (QED) is 0.581. The molecule has 1 fully saturated rings. The van der Waals surface area contributed by atoms with E-state index in [0.29, 0.717) is 0 Å². The highest BCUT2D eigenvalue weighted by Crippen LogP contribution is 2.37. The Morgan fingerprint density at radius 3 is 2.09 bits per heavy atom. The molecule has 0 heteroatoms. The Bertz CT molecular complexity index is 571. The fraction of sp³-hybridized carbons (Fsp3) is 0.364. The van der Waals surface area contributed by atoms with Gasteiger partial charge in [0.15, 0.2) is 0 Å². The van der Waals surface area contributed by atoms with Crippen LogP contribution in [-0.4, -0.2) is 0 Å². The van der Waals surface area contributed by atoms with Crippen LogP contribution in [0.5, 0.6) is 0 Å². The highest BCUT2D eigenvalue weighted by atomic mass is 14.3. The van der Waals surface area contributed by atoms with Crippen LogP contribution in [0.2, 0.25) is 0 Å². The van der Waals surface area contributed by atoms with E-state index in [9.17, 15) is 0 Å². The monoisotopic (exact) mass is 290 g/mol. The molecule has 2 aromatic rings. The Hall–Kier alpha value is -1.82. The number of benzene rings is 2. The average Bonchev–Trinajstić information content (AvgIpc) is 2.58. The Labute approximate surface area is 134 Å². The van der Waals surface area contributed by atoms with Crippen molar-refractivity contribution in [3.8, 4) is 0 Å². The number of hydrogen-bond acceptors (Lipinski definition) is 0. The van der Waals surface area contributed by atoms with Crippen LogP contribution in [-0.2, 0) is 6.42 Å². The molecular weight excluding hydrogens is 264 g/mol. The molecule has 0 radical (unpaired) electrons. The van der Waals surface area contributed by atoms with Gasteiger partial charge in [0.25, 0.3) is 0 Å². The van der Waals surface area contributed by atoms with Crippen LogP contribution < -0.4 is 0 Å². The minimum Gasteiger partial charge on any atom is -0.103 e. The molecule has 1 aliphatic rings. The van der Waals surface area contributed by atoms with Crippen molar-refractivity contribution in [1.29, 1.82) is 0 Å². The normalized spacial score (nSPS) is 21.5. The van der Waals surface area contributed by atoms with Gasteiger partial charge >= 0.3 is 0 Å². The first-order valence-corrected chi connectivity index (χ1v) is 8.59. The van der Waals surface area contributed by atoms with Gasteiger partial charge in [0.2, 0.25) is 0 Å². The van der Waals surface area contributed by atoms with Crippen LogP contribution in [0.25, 0.3) is 0 Å². The van der Waals surface area contributed by atoms with E-state index in [4.69, 9.17) is 0 Å². The maximum Gasteiger partial charge on any atom is -0.00258 e. The van der Waals surface area contributed by atoms with Gasteiger partial charge in [-0.15, -0.1) is 6.58 Å². The molecule has 0 atom stereocenters. The van der Waals surface area contributed by atoms with Gasteiger partial charge in [0.1, 0.15) is 0 Å². The maximum atomic E-state index is 3.88. The standard InChI is InChI=1S/C22H26/c1-2-6-18-9-13-21(14-10-18)22-15-11-20(12-16-22)17-19-7-4-3-5-8-19/h2-5,7-8,11-12,15-16,18,21H,1,6,9-10,13-14,17H2. The Morgan fingerprint density at radius 1 is 0.818 bits per heavy atom. The summed E-state index contributed by atoms with van der Waals surface area (Å²) in [6.07, 6.45) is 9.73. The van der Waals surface area contributed by atoms with Gasteiger partial charge in [-0.3, -0.25) is 0 Å². The minimum atomic E-state index is 0.770. The van der Waals surface area contributed by atoms with Crippen LogP contribution in [0.4, 0.5) is 0 Å². The van der Waals surface area contributed by atoms with E-state index < -0.39 is 0 Å². The Kier molecular flexibility index (Phi) is 5.11. The second kappa shape index (κ2) is 7.45. The molecule has 0 amide bonds. The van der Waals surface area contributed by atoms with E-state index in [1.807, 2.05) is 0 Å². The van der Waals surface area contributed by atoms with Crippen molar-refractivity contribution in [1.82, 2.24) is 0 Å². The van der Waals surface area contributed by atoms with Crippen LogP contribution in [0.15, 0.2) is 67.3 Å². The molecule has 0 aliphatic heterocycles. The van der Waals surface area contributed by atoms with E-state index in [0.717, 1.165) is 18.3 Å². The van der Waals surface area contributed by atoms with Crippen molar-refractivity contribution >= 4 is 0 Å². The van der Waals surface area contributed by atoms with Gasteiger partial charge in [-0.2, -0.15) is 0 Å². The zero-order valence-electron chi connectivity index (χ0n) is 13.4. The molecule has 0 N–H and O–H groups in total. The van der Waals surface area contributed by atoms with E-state index in [-0.39, 0.29) is 0 Å². The smallest absolute Gasteiger partial charge is 0.00258 e. The Balaban J connectivity index is 1.59. The first-order chi connectivity index (χ1) is 10.8. The lowest BCUT2D eigenvalue weighted by Gasteiger charge is -2.28. The number of rotatable bonds is 5. The predicted octanol–water partition coefficient (Wildman–Crippen LogP) is 6.13. The molecule has 0 nitrogen and oxygen atoms in total. The fourth-order valence-electron chi connectivity index (χ4n) is 3.71. The third-order valence-corrected chi connectivity index (χ3v) is 5.05. The van der Waals surface area contributed by atoms with Crippen molar-refractivity contribution in [2.75, 3.05) is 0 Å². The van der Waals surface area contributed by atoms with E-state index in [1.54, 1.807) is 0 Å². The summed E-state index contributed by atoms with van der Waals surface area (Å²) in [5.41, 5.74) is 4.34. The topological polar surface area (TPSA) is 0 Å². The summed E-state index contributed by atoms with van der Waals surface area (Å²) in [6, 6.07) is 20.1. The lowest BCUT2D eigenvalue weighted by Crippen LogP contribution is -2.12. The molecule has 0 heterocycles. The number of hydrogen-bond donors (Lipinski definition) is 0. The zero-order valence-corrected chi connectivity index (χ0v) is 13.4. The molecule has 0 spiro atoms.